The van der Waals surface area contributed by atoms with E-state index in [-0.39, 0.29) is 23.9 Å². The molecule has 0 aliphatic carbocycles. The molecule has 7 nitrogen and oxygen atoms in total. The van der Waals surface area contributed by atoms with E-state index in [0.717, 1.165) is 19.3 Å². The van der Waals surface area contributed by atoms with Crippen LogP contribution in [0.15, 0.2) is 40.4 Å². The van der Waals surface area contributed by atoms with Crippen molar-refractivity contribution in [3.63, 3.8) is 0 Å². The van der Waals surface area contributed by atoms with Crippen LogP contribution >= 0.6 is 11.6 Å². The van der Waals surface area contributed by atoms with Crippen LogP contribution in [0.1, 0.15) is 24.8 Å². The minimum absolute atomic E-state index is 0.0424. The van der Waals surface area contributed by atoms with Gasteiger partial charge in [0.1, 0.15) is 6.61 Å². The summed E-state index contributed by atoms with van der Waals surface area (Å²) in [5.41, 5.74) is 0.534. The third-order valence-corrected chi connectivity index (χ3v) is 7.02. The Kier molecular flexibility index (Phi) is 6.87. The number of benzene rings is 1. The molecule has 1 aromatic carbocycles. The number of likely N-dealkylation sites (N-methyl/N-ethyl adjacent to an activating group) is 1. The van der Waals surface area contributed by atoms with Gasteiger partial charge in [0.05, 0.1) is 11.5 Å². The predicted octanol–water partition coefficient (Wildman–Crippen LogP) is 2.46. The number of halogens is 1. The summed E-state index contributed by atoms with van der Waals surface area (Å²) >= 11 is 6.20. The van der Waals surface area contributed by atoms with Crippen LogP contribution in [0, 0.1) is 0 Å². The fraction of sp³-hybridized carbons (Fsp3) is 0.474. The van der Waals surface area contributed by atoms with Crippen molar-refractivity contribution in [3.8, 4) is 0 Å². The minimum atomic E-state index is -3.55. The molecular weight excluding hydrogens is 402 g/mol. The van der Waals surface area contributed by atoms with Gasteiger partial charge in [-0.15, -0.1) is 0 Å². The highest BCUT2D eigenvalue weighted by Gasteiger charge is 2.26. The van der Waals surface area contributed by atoms with E-state index in [0.29, 0.717) is 36.1 Å². The lowest BCUT2D eigenvalue weighted by molar-refractivity contribution is -0.118. The van der Waals surface area contributed by atoms with E-state index in [4.69, 9.17) is 16.3 Å². The second-order valence-electron chi connectivity index (χ2n) is 6.85. The lowest BCUT2D eigenvalue weighted by Crippen LogP contribution is -2.37. The van der Waals surface area contributed by atoms with Crippen molar-refractivity contribution < 1.29 is 17.9 Å². The van der Waals surface area contributed by atoms with Crippen LogP contribution in [-0.4, -0.2) is 62.5 Å². The maximum absolute atomic E-state index is 12.8. The summed E-state index contributed by atoms with van der Waals surface area (Å²) in [5, 5.41) is 0.403. The van der Waals surface area contributed by atoms with Crippen LogP contribution < -0.4 is 0 Å². The Balaban J connectivity index is 1.66. The number of hydrogen-bond acceptors (Lipinski definition) is 6. The summed E-state index contributed by atoms with van der Waals surface area (Å²) in [7, 11) is -1.76. The molecular formula is C19H24ClN3O4S. The van der Waals surface area contributed by atoms with Crippen molar-refractivity contribution >= 4 is 33.2 Å². The number of Topliss-reactive ketones (excluding diaryl/α,β-unsaturated/α-hetero) is 1. The van der Waals surface area contributed by atoms with E-state index in [1.54, 1.807) is 24.2 Å². The number of carbonyl (C=O) groups excluding carboxylic acids is 1. The van der Waals surface area contributed by atoms with Crippen LogP contribution in [0.2, 0.25) is 5.02 Å². The van der Waals surface area contributed by atoms with E-state index in [1.165, 1.54) is 16.4 Å². The lowest BCUT2D eigenvalue weighted by Gasteiger charge is -2.26. The van der Waals surface area contributed by atoms with Crippen LogP contribution in [0.3, 0.4) is 0 Å². The van der Waals surface area contributed by atoms with Crippen molar-refractivity contribution in [2.75, 3.05) is 33.3 Å². The van der Waals surface area contributed by atoms with Gasteiger partial charge in [-0.2, -0.15) is 4.31 Å². The second-order valence-corrected chi connectivity index (χ2v) is 9.20. The molecule has 1 fully saturated rings. The molecule has 9 heteroatoms. The molecule has 1 saturated heterocycles. The summed E-state index contributed by atoms with van der Waals surface area (Å²) in [4.78, 5) is 18.3. The maximum Gasteiger partial charge on any atom is 0.243 e. The highest BCUT2D eigenvalue weighted by atomic mass is 35.5. The van der Waals surface area contributed by atoms with Crippen molar-refractivity contribution in [2.45, 2.75) is 30.8 Å². The predicted molar refractivity (Wildman–Crippen MR) is 108 cm³/mol. The Morgan fingerprint density at radius 3 is 2.71 bits per heavy atom. The van der Waals surface area contributed by atoms with Crippen LogP contribution in [0.5, 0.6) is 0 Å². The molecule has 2 heterocycles. The fourth-order valence-electron chi connectivity index (χ4n) is 3.19. The number of nitrogens with zero attached hydrogens (tertiary/aromatic N) is 3. The van der Waals surface area contributed by atoms with Gasteiger partial charge in [0.2, 0.25) is 15.8 Å². The number of ketones is 1. The summed E-state index contributed by atoms with van der Waals surface area (Å²) < 4.78 is 32.7. The Labute approximate surface area is 170 Å². The Hall–Kier alpha value is -1.74. The molecule has 0 saturated carbocycles. The topological polar surface area (TPSA) is 79.3 Å². The highest BCUT2D eigenvalue weighted by Crippen LogP contribution is 2.25. The fourth-order valence-corrected chi connectivity index (χ4v) is 4.93. The van der Waals surface area contributed by atoms with E-state index < -0.39 is 10.0 Å². The highest BCUT2D eigenvalue weighted by molar-refractivity contribution is 7.89. The summed E-state index contributed by atoms with van der Waals surface area (Å²) in [6.07, 6.45) is 6.25. The first-order valence-corrected chi connectivity index (χ1v) is 11.0. The zero-order chi connectivity index (χ0) is 20.1. The first-order chi connectivity index (χ1) is 13.4. The normalized spacial score (nSPS) is 18.2. The van der Waals surface area contributed by atoms with Gasteiger partial charge in [0.25, 0.3) is 0 Å². The molecule has 1 aromatic rings. The van der Waals surface area contributed by atoms with E-state index in [9.17, 15) is 13.2 Å². The van der Waals surface area contributed by atoms with Gasteiger partial charge >= 0.3 is 0 Å². The molecule has 3 rings (SSSR count). The van der Waals surface area contributed by atoms with Gasteiger partial charge < -0.3 is 9.64 Å². The SMILES string of the molecule is CN1CC=CN=C1C(=O)COCc1cc(S(=O)(=O)N2CCCCC2)ccc1Cl. The number of carbonyl (C=O) groups is 1. The molecule has 28 heavy (non-hydrogen) atoms. The van der Waals surface area contributed by atoms with E-state index in [2.05, 4.69) is 4.99 Å². The molecule has 0 atom stereocenters. The van der Waals surface area contributed by atoms with Crippen molar-refractivity contribution in [1.29, 1.82) is 0 Å². The molecule has 2 aliphatic heterocycles. The average molecular weight is 426 g/mol. The standard InChI is InChI=1S/C19H24ClN3O4S/c1-22-9-5-8-21-19(22)18(24)14-27-13-15-12-16(6-7-17(15)20)28(25,26)23-10-3-2-4-11-23/h5-8,12H,2-4,9-11,13-14H2,1H3. The number of piperidine rings is 1. The summed E-state index contributed by atoms with van der Waals surface area (Å²) in [6, 6.07) is 4.60. The number of hydrogen-bond donors (Lipinski definition) is 0. The van der Waals surface area contributed by atoms with Gasteiger partial charge in [0, 0.05) is 37.9 Å². The molecule has 0 bridgehead atoms. The molecule has 0 radical (unpaired) electrons. The smallest absolute Gasteiger partial charge is 0.243 e. The average Bonchev–Trinajstić information content (AvgIpc) is 2.70. The zero-order valence-electron chi connectivity index (χ0n) is 15.8. The largest absolute Gasteiger partial charge is 0.368 e. The number of aliphatic imine (C=N–C) groups is 1. The van der Waals surface area contributed by atoms with Crippen molar-refractivity contribution in [3.05, 3.63) is 41.1 Å². The number of rotatable bonds is 7. The molecule has 152 valence electrons. The van der Waals surface area contributed by atoms with Crippen molar-refractivity contribution in [1.82, 2.24) is 9.21 Å². The lowest BCUT2D eigenvalue weighted by atomic mass is 10.2. The Bertz CT molecular complexity index is 892. The molecule has 0 spiro atoms. The third kappa shape index (κ3) is 4.81. The van der Waals surface area contributed by atoms with Crippen molar-refractivity contribution in [2.24, 2.45) is 4.99 Å². The summed E-state index contributed by atoms with van der Waals surface area (Å²) in [6.45, 7) is 1.58. The molecule has 0 amide bonds. The molecule has 0 aromatic heterocycles. The van der Waals surface area contributed by atoms with Gasteiger partial charge in [-0.25, -0.2) is 13.4 Å². The van der Waals surface area contributed by atoms with Gasteiger partial charge in [0.15, 0.2) is 5.84 Å². The van der Waals surface area contributed by atoms with Crippen LogP contribution in [0.4, 0.5) is 0 Å². The van der Waals surface area contributed by atoms with E-state index >= 15 is 0 Å². The van der Waals surface area contributed by atoms with Gasteiger partial charge in [-0.3, -0.25) is 4.79 Å². The third-order valence-electron chi connectivity index (χ3n) is 4.75. The second kappa shape index (κ2) is 9.17. The quantitative estimate of drug-likeness (QED) is 0.670. The summed E-state index contributed by atoms with van der Waals surface area (Å²) in [5.74, 6) is 0.107. The van der Waals surface area contributed by atoms with E-state index in [1.807, 2.05) is 6.08 Å². The van der Waals surface area contributed by atoms with Gasteiger partial charge in [-0.1, -0.05) is 18.0 Å². The number of ether oxygens (including phenoxy) is 1. The van der Waals surface area contributed by atoms with Crippen LogP contribution in [0.25, 0.3) is 0 Å². The maximum atomic E-state index is 12.8. The Morgan fingerprint density at radius 2 is 2.00 bits per heavy atom. The number of amidine groups is 1. The molecule has 2 aliphatic rings. The molecule has 0 unspecified atom stereocenters. The first-order valence-electron chi connectivity index (χ1n) is 9.23. The minimum Gasteiger partial charge on any atom is -0.368 e. The molecule has 0 N–H and O–H groups in total. The van der Waals surface area contributed by atoms with Gasteiger partial charge in [-0.05, 0) is 42.7 Å². The Morgan fingerprint density at radius 1 is 1.25 bits per heavy atom. The first kappa shape index (κ1) is 21.0. The number of sulfonamides is 1. The zero-order valence-corrected chi connectivity index (χ0v) is 17.4. The monoisotopic (exact) mass is 425 g/mol. The van der Waals surface area contributed by atoms with Crippen LogP contribution in [-0.2, 0) is 26.2 Å².